The van der Waals surface area contributed by atoms with Gasteiger partial charge in [-0.25, -0.2) is 0 Å². The predicted octanol–water partition coefficient (Wildman–Crippen LogP) is 5.00. The highest BCUT2D eigenvalue weighted by molar-refractivity contribution is 5.82. The van der Waals surface area contributed by atoms with Gasteiger partial charge < -0.3 is 24.8 Å². The second-order valence-corrected chi connectivity index (χ2v) is 8.96. The van der Waals surface area contributed by atoms with Crippen LogP contribution in [-0.4, -0.2) is 26.0 Å². The summed E-state index contributed by atoms with van der Waals surface area (Å²) in [7, 11) is 3.19. The summed E-state index contributed by atoms with van der Waals surface area (Å²) in [5.74, 6) is 1.61. The van der Waals surface area contributed by atoms with Crippen molar-refractivity contribution in [2.45, 2.75) is 25.6 Å². The summed E-state index contributed by atoms with van der Waals surface area (Å²) in [4.78, 5) is 26.0. The van der Waals surface area contributed by atoms with E-state index in [1.807, 2.05) is 103 Å². The van der Waals surface area contributed by atoms with E-state index in [-0.39, 0.29) is 24.7 Å². The van der Waals surface area contributed by atoms with Gasteiger partial charge in [0.1, 0.15) is 30.0 Å². The molecule has 39 heavy (non-hydrogen) atoms. The molecule has 0 radical (unpaired) electrons. The van der Waals surface area contributed by atoms with Gasteiger partial charge in [-0.1, -0.05) is 66.7 Å². The van der Waals surface area contributed by atoms with Crippen molar-refractivity contribution in [3.8, 4) is 17.2 Å². The van der Waals surface area contributed by atoms with Crippen molar-refractivity contribution >= 4 is 11.8 Å². The average molecular weight is 525 g/mol. The minimum Gasteiger partial charge on any atom is -0.497 e. The molecule has 7 nitrogen and oxygen atoms in total. The van der Waals surface area contributed by atoms with E-state index >= 15 is 0 Å². The van der Waals surface area contributed by atoms with Crippen LogP contribution in [0.1, 0.15) is 28.4 Å². The summed E-state index contributed by atoms with van der Waals surface area (Å²) in [6.45, 7) is 0.405. The number of hydrogen-bond acceptors (Lipinski definition) is 5. The van der Waals surface area contributed by atoms with Crippen LogP contribution in [0.5, 0.6) is 17.2 Å². The van der Waals surface area contributed by atoms with Crippen molar-refractivity contribution in [2.75, 3.05) is 14.2 Å². The molecule has 0 fully saturated rings. The fraction of sp³-hybridized carbons (Fsp3) is 0.188. The third-order valence-corrected chi connectivity index (χ3v) is 6.10. The standard InChI is InChI=1S/C32H32N2O5/c1-37-27-15-11-23(12-16-27)19-30(35)33-32(34-31(36)20-24-13-17-28(38-2)18-14-24)26-9-6-10-29(21-26)39-22-25-7-4-3-5-8-25/h3-18,21,32H,19-20,22H2,1-2H3,(H,33,35)(H,34,36). The first-order valence-corrected chi connectivity index (χ1v) is 12.6. The number of amides is 2. The smallest absolute Gasteiger partial charge is 0.226 e. The van der Waals surface area contributed by atoms with E-state index in [2.05, 4.69) is 10.6 Å². The normalized spacial score (nSPS) is 10.5. The molecule has 0 aliphatic heterocycles. The highest BCUT2D eigenvalue weighted by atomic mass is 16.5. The largest absolute Gasteiger partial charge is 0.497 e. The first-order chi connectivity index (χ1) is 19.0. The Bertz CT molecular complexity index is 1290. The van der Waals surface area contributed by atoms with Crippen molar-refractivity contribution in [1.82, 2.24) is 10.6 Å². The van der Waals surface area contributed by atoms with Crippen molar-refractivity contribution in [2.24, 2.45) is 0 Å². The third-order valence-electron chi connectivity index (χ3n) is 6.10. The molecule has 200 valence electrons. The van der Waals surface area contributed by atoms with E-state index in [4.69, 9.17) is 14.2 Å². The molecular formula is C32H32N2O5. The van der Waals surface area contributed by atoms with E-state index in [1.165, 1.54) is 0 Å². The fourth-order valence-electron chi connectivity index (χ4n) is 4.01. The summed E-state index contributed by atoms with van der Waals surface area (Å²) in [5, 5.41) is 5.94. The van der Waals surface area contributed by atoms with Gasteiger partial charge in [0, 0.05) is 0 Å². The molecule has 4 rings (SSSR count). The molecule has 2 N–H and O–H groups in total. The van der Waals surface area contributed by atoms with Gasteiger partial charge >= 0.3 is 0 Å². The van der Waals surface area contributed by atoms with Crippen LogP contribution < -0.4 is 24.8 Å². The molecule has 0 aliphatic carbocycles. The van der Waals surface area contributed by atoms with E-state index in [1.54, 1.807) is 14.2 Å². The Hall–Kier alpha value is -4.78. The van der Waals surface area contributed by atoms with Gasteiger partial charge in [0.15, 0.2) is 0 Å². The number of nitrogens with one attached hydrogen (secondary N) is 2. The number of carbonyl (C=O) groups is 2. The first kappa shape index (κ1) is 27.3. The lowest BCUT2D eigenvalue weighted by atomic mass is 10.1. The van der Waals surface area contributed by atoms with Crippen LogP contribution >= 0.6 is 0 Å². The summed E-state index contributed by atoms with van der Waals surface area (Å²) in [6, 6.07) is 31.8. The summed E-state index contributed by atoms with van der Waals surface area (Å²) < 4.78 is 16.4. The Balaban J connectivity index is 1.48. The number of benzene rings is 4. The highest BCUT2D eigenvalue weighted by Gasteiger charge is 2.19. The molecular weight excluding hydrogens is 492 g/mol. The number of ether oxygens (including phenoxy) is 3. The van der Waals surface area contributed by atoms with Crippen LogP contribution in [0.3, 0.4) is 0 Å². The fourth-order valence-corrected chi connectivity index (χ4v) is 4.01. The molecule has 2 amide bonds. The predicted molar refractivity (Wildman–Crippen MR) is 150 cm³/mol. The van der Waals surface area contributed by atoms with E-state index in [9.17, 15) is 9.59 Å². The lowest BCUT2D eigenvalue weighted by Gasteiger charge is -2.22. The molecule has 0 spiro atoms. The molecule has 0 unspecified atom stereocenters. The zero-order valence-electron chi connectivity index (χ0n) is 22.1. The average Bonchev–Trinajstić information content (AvgIpc) is 2.97. The Morgan fingerprint density at radius 2 is 1.15 bits per heavy atom. The topological polar surface area (TPSA) is 85.9 Å². The van der Waals surface area contributed by atoms with Gasteiger partial charge in [-0.2, -0.15) is 0 Å². The minimum absolute atomic E-state index is 0.152. The highest BCUT2D eigenvalue weighted by Crippen LogP contribution is 2.20. The monoisotopic (exact) mass is 524 g/mol. The van der Waals surface area contributed by atoms with Crippen LogP contribution in [0, 0.1) is 0 Å². The maximum absolute atomic E-state index is 13.0. The number of methoxy groups -OCH3 is 2. The summed E-state index contributed by atoms with van der Waals surface area (Å²) >= 11 is 0. The molecule has 0 saturated carbocycles. The Kier molecular flexibility index (Phi) is 9.56. The Morgan fingerprint density at radius 3 is 1.67 bits per heavy atom. The Labute approximate surface area is 228 Å². The molecule has 0 atom stereocenters. The number of carbonyl (C=O) groups excluding carboxylic acids is 2. The van der Waals surface area contributed by atoms with Gasteiger partial charge in [-0.15, -0.1) is 0 Å². The quantitative estimate of drug-likeness (QED) is 0.255. The van der Waals surface area contributed by atoms with Crippen LogP contribution in [-0.2, 0) is 29.0 Å². The van der Waals surface area contributed by atoms with Crippen LogP contribution in [0.25, 0.3) is 0 Å². The zero-order chi connectivity index (χ0) is 27.5. The van der Waals surface area contributed by atoms with Gasteiger partial charge in [0.2, 0.25) is 11.8 Å². The molecule has 0 bridgehead atoms. The maximum atomic E-state index is 13.0. The molecule has 4 aromatic carbocycles. The lowest BCUT2D eigenvalue weighted by molar-refractivity contribution is -0.123. The van der Waals surface area contributed by atoms with Gasteiger partial charge in [-0.3, -0.25) is 9.59 Å². The second-order valence-electron chi connectivity index (χ2n) is 8.96. The Morgan fingerprint density at radius 1 is 0.615 bits per heavy atom. The van der Waals surface area contributed by atoms with Crippen LogP contribution in [0.2, 0.25) is 0 Å². The van der Waals surface area contributed by atoms with Gasteiger partial charge in [-0.05, 0) is 58.7 Å². The van der Waals surface area contributed by atoms with Crippen molar-refractivity contribution in [1.29, 1.82) is 0 Å². The summed E-state index contributed by atoms with van der Waals surface area (Å²) in [5.41, 5.74) is 3.40. The summed E-state index contributed by atoms with van der Waals surface area (Å²) in [6.07, 6.45) is -0.445. The molecule has 0 heterocycles. The van der Waals surface area contributed by atoms with Crippen LogP contribution in [0.4, 0.5) is 0 Å². The van der Waals surface area contributed by atoms with Crippen molar-refractivity contribution in [3.05, 3.63) is 125 Å². The zero-order valence-corrected chi connectivity index (χ0v) is 22.1. The van der Waals surface area contributed by atoms with Crippen molar-refractivity contribution in [3.63, 3.8) is 0 Å². The van der Waals surface area contributed by atoms with Gasteiger partial charge in [0.05, 0.1) is 27.1 Å². The lowest BCUT2D eigenvalue weighted by Crippen LogP contribution is -2.42. The molecule has 0 aliphatic rings. The van der Waals surface area contributed by atoms with E-state index < -0.39 is 6.17 Å². The molecule has 0 aromatic heterocycles. The second kappa shape index (κ2) is 13.7. The first-order valence-electron chi connectivity index (χ1n) is 12.6. The van der Waals surface area contributed by atoms with Gasteiger partial charge in [0.25, 0.3) is 0 Å². The number of hydrogen-bond donors (Lipinski definition) is 2. The molecule has 0 saturated heterocycles. The molecule has 7 heteroatoms. The maximum Gasteiger partial charge on any atom is 0.226 e. The minimum atomic E-state index is -0.748. The SMILES string of the molecule is COc1ccc(CC(=O)NC(NC(=O)Cc2ccc(OC)cc2)c2cccc(OCc3ccccc3)c2)cc1. The van der Waals surface area contributed by atoms with Crippen LogP contribution in [0.15, 0.2) is 103 Å². The van der Waals surface area contributed by atoms with E-state index in [0.717, 1.165) is 28.2 Å². The molecule has 4 aromatic rings. The van der Waals surface area contributed by atoms with E-state index in [0.29, 0.717) is 17.9 Å². The third kappa shape index (κ3) is 8.36. The number of rotatable bonds is 12. The van der Waals surface area contributed by atoms with Crippen molar-refractivity contribution < 1.29 is 23.8 Å².